The molecule has 4 aliphatic rings. The van der Waals surface area contributed by atoms with Gasteiger partial charge < -0.3 is 9.84 Å². The van der Waals surface area contributed by atoms with Crippen LogP contribution in [0.1, 0.15) is 58.8 Å². The molecule has 0 aromatic heterocycles. The summed E-state index contributed by atoms with van der Waals surface area (Å²) >= 11 is 0. The predicted octanol–water partition coefficient (Wildman–Crippen LogP) is 3.19. The summed E-state index contributed by atoms with van der Waals surface area (Å²) in [5.41, 5.74) is 0.252. The van der Waals surface area contributed by atoms with Gasteiger partial charge in [0.2, 0.25) is 0 Å². The molecule has 7 atom stereocenters. The fourth-order valence-corrected chi connectivity index (χ4v) is 7.39. The lowest BCUT2D eigenvalue weighted by molar-refractivity contribution is -0.153. The number of rotatable bonds is 4. The van der Waals surface area contributed by atoms with E-state index in [-0.39, 0.29) is 46.8 Å². The second-order valence-corrected chi connectivity index (χ2v) is 10.0. The molecule has 0 amide bonds. The normalized spacial score (nSPS) is 43.7. The number of ketones is 2. The van der Waals surface area contributed by atoms with Crippen LogP contribution in [0, 0.1) is 34.5 Å². The molecule has 3 fully saturated rings. The predicted molar refractivity (Wildman–Crippen MR) is 104 cm³/mol. The number of halogens is 1. The third-order valence-electron chi connectivity index (χ3n) is 8.83. The zero-order valence-electron chi connectivity index (χ0n) is 17.3. The van der Waals surface area contributed by atoms with Gasteiger partial charge in [0.15, 0.2) is 11.6 Å². The summed E-state index contributed by atoms with van der Waals surface area (Å²) in [4.78, 5) is 35.9. The third-order valence-corrected chi connectivity index (χ3v) is 8.83. The molecule has 3 saturated carbocycles. The number of carbonyl (C=O) groups is 3. The van der Waals surface area contributed by atoms with Crippen LogP contribution < -0.4 is 0 Å². The first-order valence-electron chi connectivity index (χ1n) is 10.9. The molecule has 0 aromatic rings. The molecule has 5 nitrogen and oxygen atoms in total. The molecular formula is C23H31FO5. The number of aliphatic hydroxyl groups excluding tert-OH is 1. The van der Waals surface area contributed by atoms with Crippen LogP contribution in [0.25, 0.3) is 0 Å². The highest BCUT2D eigenvalue weighted by atomic mass is 19.1. The van der Waals surface area contributed by atoms with Crippen molar-refractivity contribution in [1.29, 1.82) is 0 Å². The van der Waals surface area contributed by atoms with Gasteiger partial charge in [-0.25, -0.2) is 9.18 Å². The van der Waals surface area contributed by atoms with Crippen molar-refractivity contribution >= 4 is 17.5 Å². The Morgan fingerprint density at radius 3 is 2.69 bits per heavy atom. The fraction of sp³-hybridized carbons (Fsp3) is 0.783. The van der Waals surface area contributed by atoms with Crippen molar-refractivity contribution in [3.8, 4) is 0 Å². The molecule has 0 aromatic carbocycles. The summed E-state index contributed by atoms with van der Waals surface area (Å²) in [5.74, 6) is -0.159. The first-order chi connectivity index (χ1) is 13.7. The van der Waals surface area contributed by atoms with Crippen molar-refractivity contribution in [3.63, 3.8) is 0 Å². The Kier molecular flexibility index (Phi) is 5.21. The SMILES string of the molecule is C[C@]12CC[C@H]3[C@@H](C[C@H](F)C4=CC(=O)CC[C@@]43C)[C@@H]1CC[C@@H]2C(=O)COC(=O)CO. The second-order valence-electron chi connectivity index (χ2n) is 10.0. The topological polar surface area (TPSA) is 80.7 Å². The first kappa shape index (κ1) is 20.7. The van der Waals surface area contributed by atoms with Gasteiger partial charge in [-0.2, -0.15) is 0 Å². The van der Waals surface area contributed by atoms with Crippen LogP contribution in [0.4, 0.5) is 4.39 Å². The molecule has 4 aliphatic carbocycles. The van der Waals surface area contributed by atoms with Crippen LogP contribution in [0.15, 0.2) is 11.6 Å². The number of hydrogen-bond acceptors (Lipinski definition) is 5. The van der Waals surface area contributed by atoms with E-state index in [9.17, 15) is 14.4 Å². The number of hydrogen-bond donors (Lipinski definition) is 1. The Morgan fingerprint density at radius 2 is 1.97 bits per heavy atom. The zero-order valence-corrected chi connectivity index (χ0v) is 17.3. The molecule has 0 bridgehead atoms. The van der Waals surface area contributed by atoms with Crippen molar-refractivity contribution in [3.05, 3.63) is 11.6 Å². The highest BCUT2D eigenvalue weighted by Crippen LogP contribution is 2.67. The average molecular weight is 406 g/mol. The van der Waals surface area contributed by atoms with Gasteiger partial charge in [0, 0.05) is 12.3 Å². The standard InChI is InChI=1S/C23H31FO5/c1-22-8-6-16-14(10-19(24)18-9-13(26)5-7-23(16,18)2)15(22)3-4-17(22)20(27)12-29-21(28)11-25/h9,14-17,19,25H,3-8,10-12H2,1-2H3/t14-,15-,16-,17+,19-,22-,23+/m0/s1. The third kappa shape index (κ3) is 3.18. The lowest BCUT2D eigenvalue weighted by Crippen LogP contribution is -2.53. The van der Waals surface area contributed by atoms with Gasteiger partial charge in [0.25, 0.3) is 0 Å². The Labute approximate surface area is 171 Å². The lowest BCUT2D eigenvalue weighted by atomic mass is 9.46. The van der Waals surface area contributed by atoms with Gasteiger partial charge >= 0.3 is 5.97 Å². The van der Waals surface area contributed by atoms with Gasteiger partial charge in [-0.15, -0.1) is 0 Å². The number of fused-ring (bicyclic) bond motifs is 5. The van der Waals surface area contributed by atoms with Gasteiger partial charge in [-0.3, -0.25) is 9.59 Å². The molecule has 160 valence electrons. The summed E-state index contributed by atoms with van der Waals surface area (Å²) in [5, 5.41) is 8.79. The molecule has 4 rings (SSSR count). The van der Waals surface area contributed by atoms with E-state index in [1.165, 1.54) is 0 Å². The molecule has 6 heteroatoms. The van der Waals surface area contributed by atoms with E-state index in [4.69, 9.17) is 9.84 Å². The number of Topliss-reactive ketones (excluding diaryl/α,β-unsaturated/α-hetero) is 1. The molecule has 0 radical (unpaired) electrons. The van der Waals surface area contributed by atoms with E-state index in [0.29, 0.717) is 24.3 Å². The Balaban J connectivity index is 1.56. The zero-order chi connectivity index (χ0) is 21.0. The van der Waals surface area contributed by atoms with Gasteiger partial charge in [0.05, 0.1) is 0 Å². The van der Waals surface area contributed by atoms with Crippen LogP contribution in [-0.2, 0) is 19.1 Å². The minimum absolute atomic E-state index is 0.0446. The summed E-state index contributed by atoms with van der Waals surface area (Å²) in [6.45, 7) is 3.28. The largest absolute Gasteiger partial charge is 0.456 e. The van der Waals surface area contributed by atoms with E-state index >= 15 is 4.39 Å². The molecule has 29 heavy (non-hydrogen) atoms. The molecule has 0 unspecified atom stereocenters. The summed E-state index contributed by atoms with van der Waals surface area (Å²) in [7, 11) is 0. The van der Waals surface area contributed by atoms with Crippen molar-refractivity contribution in [2.24, 2.45) is 34.5 Å². The van der Waals surface area contributed by atoms with Crippen molar-refractivity contribution in [1.82, 2.24) is 0 Å². The summed E-state index contributed by atoms with van der Waals surface area (Å²) in [6.07, 6.45) is 5.64. The number of aliphatic hydroxyl groups is 1. The van der Waals surface area contributed by atoms with E-state index in [1.807, 2.05) is 0 Å². The first-order valence-corrected chi connectivity index (χ1v) is 10.9. The van der Waals surface area contributed by atoms with Crippen molar-refractivity contribution in [2.75, 3.05) is 13.2 Å². The second kappa shape index (κ2) is 7.29. The number of esters is 1. The Hall–Kier alpha value is -1.56. The van der Waals surface area contributed by atoms with Crippen molar-refractivity contribution < 1.29 is 28.6 Å². The average Bonchev–Trinajstić information content (AvgIpc) is 3.05. The minimum Gasteiger partial charge on any atom is -0.456 e. The van der Waals surface area contributed by atoms with E-state index < -0.39 is 18.7 Å². The smallest absolute Gasteiger partial charge is 0.332 e. The molecule has 0 spiro atoms. The summed E-state index contributed by atoms with van der Waals surface area (Å²) in [6, 6.07) is 0. The minimum atomic E-state index is -1.08. The van der Waals surface area contributed by atoms with Crippen LogP contribution in [0.5, 0.6) is 0 Å². The fourth-order valence-electron chi connectivity index (χ4n) is 7.39. The molecule has 0 heterocycles. The van der Waals surface area contributed by atoms with Crippen molar-refractivity contribution in [2.45, 2.75) is 65.0 Å². The highest BCUT2D eigenvalue weighted by molar-refractivity contribution is 5.92. The van der Waals surface area contributed by atoms with Crippen LogP contribution in [0.2, 0.25) is 0 Å². The van der Waals surface area contributed by atoms with Gasteiger partial charge in [0.1, 0.15) is 19.4 Å². The number of allylic oxidation sites excluding steroid dienone is 1. The maximum absolute atomic E-state index is 15.2. The lowest BCUT2D eigenvalue weighted by Gasteiger charge is -2.58. The Bertz CT molecular complexity index is 760. The number of ether oxygens (including phenoxy) is 1. The number of alkyl halides is 1. The van der Waals surface area contributed by atoms with E-state index in [2.05, 4.69) is 13.8 Å². The van der Waals surface area contributed by atoms with E-state index in [1.54, 1.807) is 6.08 Å². The van der Waals surface area contributed by atoms with Crippen LogP contribution in [-0.4, -0.2) is 42.0 Å². The maximum atomic E-state index is 15.2. The molecular weight excluding hydrogens is 375 g/mol. The quantitative estimate of drug-likeness (QED) is 0.726. The molecule has 1 N–H and O–H groups in total. The molecule has 0 aliphatic heterocycles. The van der Waals surface area contributed by atoms with Crippen LogP contribution in [0.3, 0.4) is 0 Å². The van der Waals surface area contributed by atoms with E-state index in [0.717, 1.165) is 32.1 Å². The van der Waals surface area contributed by atoms with Gasteiger partial charge in [-0.1, -0.05) is 13.8 Å². The summed E-state index contributed by atoms with van der Waals surface area (Å²) < 4.78 is 20.1. The van der Waals surface area contributed by atoms with Crippen LogP contribution >= 0.6 is 0 Å². The highest BCUT2D eigenvalue weighted by Gasteiger charge is 2.61. The van der Waals surface area contributed by atoms with Gasteiger partial charge in [-0.05, 0) is 78.8 Å². The monoisotopic (exact) mass is 406 g/mol. The maximum Gasteiger partial charge on any atom is 0.332 e. The molecule has 0 saturated heterocycles. The number of carbonyl (C=O) groups excluding carboxylic acids is 3. The Morgan fingerprint density at radius 1 is 1.21 bits per heavy atom.